The lowest BCUT2D eigenvalue weighted by atomic mass is 10.2. The fraction of sp³-hybridized carbons (Fsp3) is 0.667. The molecule has 1 aliphatic rings. The predicted molar refractivity (Wildman–Crippen MR) is 50.3 cm³/mol. The number of carboxylic acid groups (broad SMARTS) is 1. The average Bonchev–Trinajstić information content (AvgIpc) is 1.96. The zero-order valence-corrected chi connectivity index (χ0v) is 8.15. The molecule has 0 spiro atoms. The van der Waals surface area contributed by atoms with Crippen LogP contribution in [0.25, 0.3) is 0 Å². The summed E-state index contributed by atoms with van der Waals surface area (Å²) in [6, 6.07) is 0. The van der Waals surface area contributed by atoms with Crippen molar-refractivity contribution in [3.8, 4) is 0 Å². The number of ether oxygens (including phenoxy) is 1. The topological polar surface area (TPSA) is 49.8 Å². The lowest BCUT2D eigenvalue weighted by Gasteiger charge is -2.37. The Kier molecular flexibility index (Phi) is 3.16. The van der Waals surface area contributed by atoms with Gasteiger partial charge in [-0.3, -0.25) is 4.90 Å². The summed E-state index contributed by atoms with van der Waals surface area (Å²) in [5.74, 6) is 0. The number of amides is 1. The molecule has 0 aromatic rings. The van der Waals surface area contributed by atoms with Gasteiger partial charge in [0.2, 0.25) is 4.38 Å². The van der Waals surface area contributed by atoms with Crippen LogP contribution in [0, 0.1) is 0 Å². The van der Waals surface area contributed by atoms with Gasteiger partial charge in [0.25, 0.3) is 0 Å². The largest absolute Gasteiger partial charge is 0.465 e. The van der Waals surface area contributed by atoms with Gasteiger partial charge in [-0.15, -0.1) is 0 Å². The summed E-state index contributed by atoms with van der Waals surface area (Å²) in [5.41, 5.74) is 0. The van der Waals surface area contributed by atoms with Gasteiger partial charge in [-0.1, -0.05) is 11.8 Å². The number of carbonyl (C=O) groups is 1. The third kappa shape index (κ3) is 2.01. The molecule has 1 heterocycles. The summed E-state index contributed by atoms with van der Waals surface area (Å²) < 4.78 is 5.54. The zero-order chi connectivity index (χ0) is 9.14. The van der Waals surface area contributed by atoms with Crippen LogP contribution in [0.4, 0.5) is 4.79 Å². The van der Waals surface area contributed by atoms with E-state index >= 15 is 0 Å². The molecule has 12 heavy (non-hydrogen) atoms. The highest BCUT2D eigenvalue weighted by Crippen LogP contribution is 2.20. The van der Waals surface area contributed by atoms with Crippen molar-refractivity contribution < 1.29 is 14.6 Å². The first-order chi connectivity index (χ1) is 5.65. The summed E-state index contributed by atoms with van der Waals surface area (Å²) in [6.45, 7) is 0.539. The molecule has 1 fully saturated rings. The van der Waals surface area contributed by atoms with Gasteiger partial charge in [-0.25, -0.2) is 4.79 Å². The second-order valence-corrected chi connectivity index (χ2v) is 3.70. The molecule has 0 aromatic heterocycles. The molecule has 1 rings (SSSR count). The molecule has 0 bridgehead atoms. The van der Waals surface area contributed by atoms with Crippen LogP contribution in [0.5, 0.6) is 0 Å². The monoisotopic (exact) mass is 207 g/mol. The van der Waals surface area contributed by atoms with Gasteiger partial charge < -0.3 is 9.84 Å². The molecule has 0 saturated carbocycles. The second kappa shape index (κ2) is 3.95. The van der Waals surface area contributed by atoms with Crippen molar-refractivity contribution in [3.05, 3.63) is 0 Å². The maximum atomic E-state index is 10.5. The first-order valence-electron chi connectivity index (χ1n) is 3.39. The Labute approximate surface area is 79.9 Å². The average molecular weight is 207 g/mol. The van der Waals surface area contributed by atoms with Crippen LogP contribution in [-0.4, -0.2) is 39.5 Å². The van der Waals surface area contributed by atoms with E-state index in [2.05, 4.69) is 0 Å². The Morgan fingerprint density at radius 2 is 2.50 bits per heavy atom. The van der Waals surface area contributed by atoms with Crippen LogP contribution in [-0.2, 0) is 4.74 Å². The molecule has 0 aromatic carbocycles. The Morgan fingerprint density at radius 3 is 2.83 bits per heavy atom. The molecule has 4 nitrogen and oxygen atoms in total. The Balaban J connectivity index is 2.34. The molecule has 1 aliphatic heterocycles. The Morgan fingerprint density at radius 1 is 1.83 bits per heavy atom. The van der Waals surface area contributed by atoms with E-state index in [-0.39, 0.29) is 6.23 Å². The number of nitrogens with zero attached hydrogens (tertiary/aromatic N) is 1. The molecule has 1 unspecified atom stereocenters. The third-order valence-corrected chi connectivity index (χ3v) is 2.63. The van der Waals surface area contributed by atoms with Crippen LogP contribution in [0.2, 0.25) is 0 Å². The minimum absolute atomic E-state index is 0.359. The molecule has 1 N–H and O–H groups in total. The normalized spacial score (nSPS) is 21.4. The highest BCUT2D eigenvalue weighted by Gasteiger charge is 2.34. The van der Waals surface area contributed by atoms with Crippen molar-refractivity contribution in [1.82, 2.24) is 4.90 Å². The standard InChI is InChI=1S/C6H9NO3S2/c1-12-6(11)10-4-2-3-7(4)5(8)9/h4H,2-3H2,1H3,(H,8,9). The zero-order valence-electron chi connectivity index (χ0n) is 6.52. The lowest BCUT2D eigenvalue weighted by Crippen LogP contribution is -2.52. The molecule has 1 atom stereocenters. The van der Waals surface area contributed by atoms with E-state index in [9.17, 15) is 4.79 Å². The van der Waals surface area contributed by atoms with Gasteiger partial charge in [-0.05, 0) is 18.5 Å². The minimum Gasteiger partial charge on any atom is -0.465 e. The highest BCUT2D eigenvalue weighted by molar-refractivity contribution is 8.22. The number of thioether (sulfide) groups is 1. The minimum atomic E-state index is -0.949. The van der Waals surface area contributed by atoms with Crippen molar-refractivity contribution in [3.63, 3.8) is 0 Å². The number of hydrogen-bond acceptors (Lipinski definition) is 4. The molecule has 0 aliphatic carbocycles. The molecule has 1 saturated heterocycles. The maximum Gasteiger partial charge on any atom is 0.410 e. The van der Waals surface area contributed by atoms with Crippen LogP contribution in [0.1, 0.15) is 6.42 Å². The van der Waals surface area contributed by atoms with Crippen LogP contribution >= 0.6 is 24.0 Å². The number of hydrogen-bond donors (Lipinski definition) is 1. The molecule has 1 amide bonds. The van der Waals surface area contributed by atoms with Gasteiger partial charge in [0.05, 0.1) is 0 Å². The van der Waals surface area contributed by atoms with E-state index in [1.165, 1.54) is 16.7 Å². The summed E-state index contributed by atoms with van der Waals surface area (Å²) in [6.07, 6.45) is 1.22. The van der Waals surface area contributed by atoms with Crippen LogP contribution in [0.15, 0.2) is 0 Å². The van der Waals surface area contributed by atoms with E-state index < -0.39 is 6.09 Å². The summed E-state index contributed by atoms with van der Waals surface area (Å²) >= 11 is 6.10. The van der Waals surface area contributed by atoms with Crippen molar-refractivity contribution >= 4 is 34.5 Å². The SMILES string of the molecule is CSC(=S)OC1CCN1C(=O)O. The van der Waals surface area contributed by atoms with Crippen LogP contribution < -0.4 is 0 Å². The number of thiocarbonyl (C=S) groups is 1. The molecular weight excluding hydrogens is 198 g/mol. The van der Waals surface area contributed by atoms with Crippen LogP contribution in [0.3, 0.4) is 0 Å². The first-order valence-corrected chi connectivity index (χ1v) is 5.02. The molecule has 6 heteroatoms. The fourth-order valence-corrected chi connectivity index (χ4v) is 1.18. The van der Waals surface area contributed by atoms with E-state index in [1.54, 1.807) is 6.26 Å². The third-order valence-electron chi connectivity index (χ3n) is 1.61. The van der Waals surface area contributed by atoms with E-state index in [0.29, 0.717) is 10.9 Å². The summed E-state index contributed by atoms with van der Waals surface area (Å²) in [4.78, 5) is 11.7. The smallest absolute Gasteiger partial charge is 0.410 e. The van der Waals surface area contributed by atoms with Gasteiger partial charge in [-0.2, -0.15) is 0 Å². The van der Waals surface area contributed by atoms with E-state index in [0.717, 1.165) is 6.42 Å². The number of likely N-dealkylation sites (tertiary alicyclic amines) is 1. The van der Waals surface area contributed by atoms with Gasteiger partial charge >= 0.3 is 6.09 Å². The van der Waals surface area contributed by atoms with Gasteiger partial charge in [0.1, 0.15) is 0 Å². The quantitative estimate of drug-likeness (QED) is 0.658. The van der Waals surface area contributed by atoms with Gasteiger partial charge in [0.15, 0.2) is 6.23 Å². The Hall–Kier alpha value is -0.490. The molecular formula is C6H9NO3S2. The van der Waals surface area contributed by atoms with Crippen molar-refractivity contribution in [2.75, 3.05) is 12.8 Å². The number of rotatable bonds is 1. The summed E-state index contributed by atoms with van der Waals surface area (Å²) in [7, 11) is 0. The molecule has 0 radical (unpaired) electrons. The van der Waals surface area contributed by atoms with Crippen molar-refractivity contribution in [2.45, 2.75) is 12.6 Å². The summed E-state index contributed by atoms with van der Waals surface area (Å²) in [5, 5.41) is 8.59. The second-order valence-electron chi connectivity index (χ2n) is 2.29. The van der Waals surface area contributed by atoms with E-state index in [1.807, 2.05) is 0 Å². The predicted octanol–water partition coefficient (Wildman–Crippen LogP) is 1.36. The van der Waals surface area contributed by atoms with Crippen molar-refractivity contribution in [2.24, 2.45) is 0 Å². The lowest BCUT2D eigenvalue weighted by molar-refractivity contribution is -0.0409. The fourth-order valence-electron chi connectivity index (χ4n) is 0.864. The maximum absolute atomic E-state index is 10.5. The van der Waals surface area contributed by atoms with Crippen molar-refractivity contribution in [1.29, 1.82) is 0 Å². The molecule has 68 valence electrons. The first kappa shape index (κ1) is 9.60. The highest BCUT2D eigenvalue weighted by atomic mass is 32.2. The Bertz CT molecular complexity index is 209. The van der Waals surface area contributed by atoms with Gasteiger partial charge in [0, 0.05) is 13.0 Å². The van der Waals surface area contributed by atoms with E-state index in [4.69, 9.17) is 22.1 Å².